The van der Waals surface area contributed by atoms with Crippen molar-refractivity contribution in [1.82, 2.24) is 5.32 Å². The Kier molecular flexibility index (Phi) is 4.48. The Hall–Kier alpha value is -3.02. The predicted octanol–water partition coefficient (Wildman–Crippen LogP) is 2.96. The van der Waals surface area contributed by atoms with Crippen molar-refractivity contribution in [3.8, 4) is 5.75 Å². The molecule has 140 valence electrons. The molecule has 0 aliphatic carbocycles. The summed E-state index contributed by atoms with van der Waals surface area (Å²) in [7, 11) is 1.60. The molecule has 6 nitrogen and oxygen atoms in total. The number of amides is 3. The summed E-state index contributed by atoms with van der Waals surface area (Å²) in [4.78, 5) is 28.9. The second kappa shape index (κ2) is 6.95. The number of benzene rings is 2. The molecule has 0 radical (unpaired) electrons. The summed E-state index contributed by atoms with van der Waals surface area (Å²) >= 11 is 0. The molecule has 2 aromatic rings. The van der Waals surface area contributed by atoms with Gasteiger partial charge >= 0.3 is 6.03 Å². The first-order chi connectivity index (χ1) is 13.1. The minimum Gasteiger partial charge on any atom is -0.497 e. The number of nitrogens with zero attached hydrogens (tertiary/aromatic N) is 2. The topological polar surface area (TPSA) is 61.9 Å². The van der Waals surface area contributed by atoms with Crippen molar-refractivity contribution in [2.45, 2.75) is 31.8 Å². The van der Waals surface area contributed by atoms with Gasteiger partial charge in [0, 0.05) is 36.4 Å². The number of carbonyl (C=O) groups excluding carboxylic acids is 2. The van der Waals surface area contributed by atoms with E-state index < -0.39 is 0 Å². The number of hydrogen-bond donors (Lipinski definition) is 1. The summed E-state index contributed by atoms with van der Waals surface area (Å²) in [5, 5.41) is 3.04. The Bertz CT molecular complexity index is 882. The van der Waals surface area contributed by atoms with Gasteiger partial charge in [-0.3, -0.25) is 9.69 Å². The van der Waals surface area contributed by atoms with Gasteiger partial charge in [0.2, 0.25) is 5.91 Å². The highest BCUT2D eigenvalue weighted by molar-refractivity contribution is 5.99. The van der Waals surface area contributed by atoms with E-state index in [1.54, 1.807) is 16.9 Å². The third-order valence-electron chi connectivity index (χ3n) is 5.24. The van der Waals surface area contributed by atoms with Crippen molar-refractivity contribution < 1.29 is 14.3 Å². The van der Waals surface area contributed by atoms with Crippen LogP contribution in [-0.2, 0) is 11.2 Å². The smallest absolute Gasteiger partial charge is 0.322 e. The summed E-state index contributed by atoms with van der Waals surface area (Å²) in [6, 6.07) is 15.1. The van der Waals surface area contributed by atoms with Crippen molar-refractivity contribution in [2.24, 2.45) is 0 Å². The molecule has 3 amide bonds. The van der Waals surface area contributed by atoms with Crippen LogP contribution in [0.3, 0.4) is 0 Å². The third-order valence-corrected chi connectivity index (χ3v) is 5.24. The largest absolute Gasteiger partial charge is 0.497 e. The van der Waals surface area contributed by atoms with Gasteiger partial charge in [-0.2, -0.15) is 0 Å². The molecule has 0 spiro atoms. The number of urea groups is 1. The normalized spacial score (nSPS) is 21.3. The lowest BCUT2D eigenvalue weighted by atomic mass is 10.1. The minimum atomic E-state index is -0.212. The van der Waals surface area contributed by atoms with Gasteiger partial charge < -0.3 is 15.0 Å². The predicted molar refractivity (Wildman–Crippen MR) is 104 cm³/mol. The van der Waals surface area contributed by atoms with E-state index in [0.29, 0.717) is 18.7 Å². The molecule has 27 heavy (non-hydrogen) atoms. The highest BCUT2D eigenvalue weighted by Gasteiger charge is 2.36. The first-order valence-corrected chi connectivity index (χ1v) is 9.19. The average molecular weight is 365 g/mol. The van der Waals surface area contributed by atoms with Crippen LogP contribution in [0.15, 0.2) is 48.5 Å². The Labute approximate surface area is 158 Å². The Morgan fingerprint density at radius 2 is 1.96 bits per heavy atom. The fourth-order valence-corrected chi connectivity index (χ4v) is 3.95. The van der Waals surface area contributed by atoms with Crippen LogP contribution in [-0.4, -0.2) is 37.7 Å². The zero-order valence-electron chi connectivity index (χ0n) is 15.5. The summed E-state index contributed by atoms with van der Waals surface area (Å²) in [5.74, 6) is 0.707. The van der Waals surface area contributed by atoms with Gasteiger partial charge in [-0.15, -0.1) is 0 Å². The lowest BCUT2D eigenvalue weighted by molar-refractivity contribution is -0.117. The van der Waals surface area contributed by atoms with E-state index in [2.05, 4.69) is 11.4 Å². The van der Waals surface area contributed by atoms with E-state index in [1.807, 2.05) is 49.4 Å². The summed E-state index contributed by atoms with van der Waals surface area (Å²) in [6.45, 7) is 2.50. The monoisotopic (exact) mass is 365 g/mol. The highest BCUT2D eigenvalue weighted by atomic mass is 16.5. The molecule has 2 heterocycles. The van der Waals surface area contributed by atoms with Crippen LogP contribution in [0.25, 0.3) is 0 Å². The van der Waals surface area contributed by atoms with Crippen LogP contribution in [0.1, 0.15) is 18.9 Å². The van der Waals surface area contributed by atoms with E-state index in [1.165, 1.54) is 5.56 Å². The summed E-state index contributed by atoms with van der Waals surface area (Å²) < 4.78 is 5.24. The quantitative estimate of drug-likeness (QED) is 0.910. The van der Waals surface area contributed by atoms with Crippen molar-refractivity contribution in [1.29, 1.82) is 0 Å². The number of nitrogens with one attached hydrogen (secondary N) is 1. The molecule has 2 aliphatic rings. The van der Waals surface area contributed by atoms with Crippen LogP contribution in [0.5, 0.6) is 5.75 Å². The van der Waals surface area contributed by atoms with E-state index in [0.717, 1.165) is 17.8 Å². The van der Waals surface area contributed by atoms with Gasteiger partial charge in [0.1, 0.15) is 5.75 Å². The van der Waals surface area contributed by atoms with Gasteiger partial charge in [-0.1, -0.05) is 24.3 Å². The third kappa shape index (κ3) is 3.23. The summed E-state index contributed by atoms with van der Waals surface area (Å²) in [5.41, 5.74) is 2.92. The second-order valence-corrected chi connectivity index (χ2v) is 7.11. The molecule has 0 bridgehead atoms. The van der Waals surface area contributed by atoms with Gasteiger partial charge in [0.15, 0.2) is 0 Å². The molecule has 0 saturated carbocycles. The average Bonchev–Trinajstić information content (AvgIpc) is 3.20. The number of ether oxygens (including phenoxy) is 1. The first-order valence-electron chi connectivity index (χ1n) is 9.19. The molecular weight excluding hydrogens is 342 g/mol. The highest BCUT2D eigenvalue weighted by Crippen LogP contribution is 2.32. The molecule has 2 aliphatic heterocycles. The maximum Gasteiger partial charge on any atom is 0.322 e. The number of rotatable bonds is 3. The van der Waals surface area contributed by atoms with Gasteiger partial charge in [-0.25, -0.2) is 4.79 Å². The van der Waals surface area contributed by atoms with Gasteiger partial charge in [-0.05, 0) is 37.1 Å². The number of hydrogen-bond acceptors (Lipinski definition) is 3. The number of carbonyl (C=O) groups is 2. The van der Waals surface area contributed by atoms with Crippen molar-refractivity contribution in [3.05, 3.63) is 54.1 Å². The standard InChI is InChI=1S/C21H23N3O3/c1-14-10-15-6-3-4-9-19(15)24(14)21(26)22-16-11-20(25)23(13-16)17-7-5-8-18(12-17)27-2/h3-9,12,14,16H,10-11,13H2,1-2H3,(H,22,26)/t14-,16+/m1/s1. The number of para-hydroxylation sites is 1. The molecular formula is C21H23N3O3. The van der Waals surface area contributed by atoms with Crippen molar-refractivity contribution >= 4 is 23.3 Å². The van der Waals surface area contributed by atoms with Crippen LogP contribution in [0.2, 0.25) is 0 Å². The zero-order valence-corrected chi connectivity index (χ0v) is 15.5. The van der Waals surface area contributed by atoms with Crippen molar-refractivity contribution in [2.75, 3.05) is 23.5 Å². The minimum absolute atomic E-state index is 0.00317. The zero-order chi connectivity index (χ0) is 19.0. The molecule has 4 rings (SSSR count). The fraction of sp³-hybridized carbons (Fsp3) is 0.333. The number of methoxy groups -OCH3 is 1. The van der Waals surface area contributed by atoms with Crippen LogP contribution in [0, 0.1) is 0 Å². The van der Waals surface area contributed by atoms with E-state index >= 15 is 0 Å². The summed E-state index contributed by atoms with van der Waals surface area (Å²) in [6.07, 6.45) is 1.15. The SMILES string of the molecule is COc1cccc(N2C[C@@H](NC(=O)N3c4ccccc4C[C@H]3C)CC2=O)c1. The molecule has 0 aromatic heterocycles. The molecule has 2 atom stereocenters. The lowest BCUT2D eigenvalue weighted by Gasteiger charge is -2.25. The van der Waals surface area contributed by atoms with E-state index in [-0.39, 0.29) is 24.0 Å². The molecule has 1 N–H and O–H groups in total. The Balaban J connectivity index is 1.46. The van der Waals surface area contributed by atoms with E-state index in [4.69, 9.17) is 4.74 Å². The van der Waals surface area contributed by atoms with Crippen LogP contribution >= 0.6 is 0 Å². The molecule has 1 saturated heterocycles. The maximum absolute atomic E-state index is 12.9. The fourth-order valence-electron chi connectivity index (χ4n) is 3.95. The Morgan fingerprint density at radius 1 is 1.15 bits per heavy atom. The van der Waals surface area contributed by atoms with E-state index in [9.17, 15) is 9.59 Å². The molecule has 0 unspecified atom stereocenters. The molecule has 6 heteroatoms. The van der Waals surface area contributed by atoms with Crippen LogP contribution < -0.4 is 19.9 Å². The first kappa shape index (κ1) is 17.4. The number of anilines is 2. The maximum atomic E-state index is 12.9. The van der Waals surface area contributed by atoms with Crippen molar-refractivity contribution in [3.63, 3.8) is 0 Å². The van der Waals surface area contributed by atoms with Gasteiger partial charge in [0.25, 0.3) is 0 Å². The number of fused-ring (bicyclic) bond motifs is 1. The Morgan fingerprint density at radius 3 is 2.78 bits per heavy atom. The molecule has 2 aromatic carbocycles. The molecule has 1 fully saturated rings. The lowest BCUT2D eigenvalue weighted by Crippen LogP contribution is -2.48. The van der Waals surface area contributed by atoms with Gasteiger partial charge in [0.05, 0.1) is 13.2 Å². The van der Waals surface area contributed by atoms with Crippen LogP contribution in [0.4, 0.5) is 16.2 Å². The second-order valence-electron chi connectivity index (χ2n) is 7.11.